The summed E-state index contributed by atoms with van der Waals surface area (Å²) >= 11 is 1.70. The van der Waals surface area contributed by atoms with Gasteiger partial charge in [-0.3, -0.25) is 0 Å². The first kappa shape index (κ1) is 14.1. The third kappa shape index (κ3) is 3.18. The van der Waals surface area contributed by atoms with E-state index in [1.54, 1.807) is 11.3 Å². The van der Waals surface area contributed by atoms with E-state index >= 15 is 0 Å². The van der Waals surface area contributed by atoms with Gasteiger partial charge in [0.05, 0.1) is 16.8 Å². The van der Waals surface area contributed by atoms with Crippen molar-refractivity contribution in [2.45, 2.75) is 40.0 Å². The number of rotatable bonds is 6. The molecule has 0 amide bonds. The standard InChI is InChI=1S/C15H22N2OS/c1-5-7-16-15-17-12-8-11(10(3)4)13(18-6-2)9-14(12)19-15/h8-10H,5-7H2,1-4H3,(H,16,17). The molecule has 0 atom stereocenters. The van der Waals surface area contributed by atoms with E-state index in [-0.39, 0.29) is 0 Å². The van der Waals surface area contributed by atoms with E-state index in [2.05, 4.69) is 43.2 Å². The van der Waals surface area contributed by atoms with Gasteiger partial charge in [0.2, 0.25) is 0 Å². The summed E-state index contributed by atoms with van der Waals surface area (Å²) < 4.78 is 6.94. The number of anilines is 1. The van der Waals surface area contributed by atoms with Crippen LogP contribution in [0.4, 0.5) is 5.13 Å². The summed E-state index contributed by atoms with van der Waals surface area (Å²) in [5, 5.41) is 4.35. The zero-order valence-corrected chi connectivity index (χ0v) is 12.9. The molecule has 0 fully saturated rings. The average Bonchev–Trinajstić information content (AvgIpc) is 2.77. The van der Waals surface area contributed by atoms with Crippen molar-refractivity contribution in [1.82, 2.24) is 4.98 Å². The smallest absolute Gasteiger partial charge is 0.183 e. The van der Waals surface area contributed by atoms with E-state index < -0.39 is 0 Å². The Morgan fingerprint density at radius 1 is 1.32 bits per heavy atom. The summed E-state index contributed by atoms with van der Waals surface area (Å²) in [6, 6.07) is 4.29. The Balaban J connectivity index is 2.41. The fourth-order valence-corrected chi connectivity index (χ4v) is 2.91. The van der Waals surface area contributed by atoms with Crippen molar-refractivity contribution in [3.63, 3.8) is 0 Å². The Hall–Kier alpha value is -1.29. The second-order valence-corrected chi connectivity index (χ2v) is 5.92. The molecule has 0 spiro atoms. The summed E-state index contributed by atoms with van der Waals surface area (Å²) in [5.41, 5.74) is 2.30. The summed E-state index contributed by atoms with van der Waals surface area (Å²) in [5.74, 6) is 1.44. The maximum absolute atomic E-state index is 5.76. The Morgan fingerprint density at radius 3 is 2.74 bits per heavy atom. The molecule has 2 rings (SSSR count). The van der Waals surface area contributed by atoms with E-state index in [1.807, 2.05) is 6.92 Å². The van der Waals surface area contributed by atoms with Gasteiger partial charge in [0.25, 0.3) is 0 Å². The van der Waals surface area contributed by atoms with Crippen molar-refractivity contribution >= 4 is 26.7 Å². The molecule has 3 nitrogen and oxygen atoms in total. The van der Waals surface area contributed by atoms with Crippen molar-refractivity contribution in [3.05, 3.63) is 17.7 Å². The highest BCUT2D eigenvalue weighted by atomic mass is 32.1. The predicted octanol–water partition coefficient (Wildman–Crippen LogP) is 4.64. The molecule has 0 aliphatic heterocycles. The van der Waals surface area contributed by atoms with Gasteiger partial charge < -0.3 is 10.1 Å². The molecule has 104 valence electrons. The molecule has 0 unspecified atom stereocenters. The lowest BCUT2D eigenvalue weighted by molar-refractivity contribution is 0.336. The predicted molar refractivity (Wildman–Crippen MR) is 83.7 cm³/mol. The first-order valence-electron chi connectivity index (χ1n) is 6.96. The second kappa shape index (κ2) is 6.24. The lowest BCUT2D eigenvalue weighted by Crippen LogP contribution is -1.98. The fourth-order valence-electron chi connectivity index (χ4n) is 2.01. The summed E-state index contributed by atoms with van der Waals surface area (Å²) in [7, 11) is 0. The highest BCUT2D eigenvalue weighted by molar-refractivity contribution is 7.22. The number of thiazole rings is 1. The van der Waals surface area contributed by atoms with Crippen LogP contribution in [-0.4, -0.2) is 18.1 Å². The average molecular weight is 278 g/mol. The minimum Gasteiger partial charge on any atom is -0.494 e. The van der Waals surface area contributed by atoms with E-state index in [0.717, 1.165) is 29.4 Å². The number of hydrogen-bond donors (Lipinski definition) is 1. The zero-order chi connectivity index (χ0) is 13.8. The lowest BCUT2D eigenvalue weighted by Gasteiger charge is -2.12. The van der Waals surface area contributed by atoms with Gasteiger partial charge in [0, 0.05) is 6.54 Å². The Labute approximate surface area is 119 Å². The van der Waals surface area contributed by atoms with Crippen molar-refractivity contribution in [3.8, 4) is 5.75 Å². The first-order valence-corrected chi connectivity index (χ1v) is 7.78. The molecule has 0 saturated heterocycles. The summed E-state index contributed by atoms with van der Waals surface area (Å²) in [6.45, 7) is 10.2. The molecule has 0 radical (unpaired) electrons. The van der Waals surface area contributed by atoms with Gasteiger partial charge in [0.1, 0.15) is 5.75 Å². The quantitative estimate of drug-likeness (QED) is 0.835. The molecule has 19 heavy (non-hydrogen) atoms. The maximum Gasteiger partial charge on any atom is 0.183 e. The second-order valence-electron chi connectivity index (χ2n) is 4.89. The minimum atomic E-state index is 0.444. The van der Waals surface area contributed by atoms with Gasteiger partial charge in [-0.05, 0) is 37.0 Å². The fraction of sp³-hybridized carbons (Fsp3) is 0.533. The van der Waals surface area contributed by atoms with Crippen LogP contribution in [0.15, 0.2) is 12.1 Å². The van der Waals surface area contributed by atoms with E-state index in [0.29, 0.717) is 12.5 Å². The topological polar surface area (TPSA) is 34.2 Å². The van der Waals surface area contributed by atoms with Crippen LogP contribution in [0.2, 0.25) is 0 Å². The molecule has 4 heteroatoms. The van der Waals surface area contributed by atoms with Crippen molar-refractivity contribution in [1.29, 1.82) is 0 Å². The number of fused-ring (bicyclic) bond motifs is 1. The first-order chi connectivity index (χ1) is 9.15. The molecule has 0 saturated carbocycles. The molecule has 2 aromatic rings. The van der Waals surface area contributed by atoms with Crippen molar-refractivity contribution < 1.29 is 4.74 Å². The van der Waals surface area contributed by atoms with Crippen LogP contribution in [0.25, 0.3) is 10.2 Å². The van der Waals surface area contributed by atoms with Crippen LogP contribution in [0.3, 0.4) is 0 Å². The molecular weight excluding hydrogens is 256 g/mol. The Bertz CT molecular complexity index is 548. The number of benzene rings is 1. The Kier molecular flexibility index (Phi) is 4.64. The highest BCUT2D eigenvalue weighted by Gasteiger charge is 2.12. The van der Waals surface area contributed by atoms with Gasteiger partial charge >= 0.3 is 0 Å². The van der Waals surface area contributed by atoms with Crippen LogP contribution in [-0.2, 0) is 0 Å². The monoisotopic (exact) mass is 278 g/mol. The van der Waals surface area contributed by atoms with Gasteiger partial charge in [-0.2, -0.15) is 0 Å². The number of nitrogens with one attached hydrogen (secondary N) is 1. The third-order valence-corrected chi connectivity index (χ3v) is 3.94. The summed E-state index contributed by atoms with van der Waals surface area (Å²) in [4.78, 5) is 4.65. The molecular formula is C15H22N2OS. The number of aromatic nitrogens is 1. The van der Waals surface area contributed by atoms with Crippen molar-refractivity contribution in [2.75, 3.05) is 18.5 Å². The minimum absolute atomic E-state index is 0.444. The normalized spacial score (nSPS) is 11.2. The van der Waals surface area contributed by atoms with Crippen LogP contribution < -0.4 is 10.1 Å². The SMILES string of the molecule is CCCNc1nc2cc(C(C)C)c(OCC)cc2s1. The zero-order valence-electron chi connectivity index (χ0n) is 12.1. The third-order valence-electron chi connectivity index (χ3n) is 2.97. The van der Waals surface area contributed by atoms with Gasteiger partial charge in [0.15, 0.2) is 5.13 Å². The molecule has 1 heterocycles. The largest absolute Gasteiger partial charge is 0.494 e. The molecule has 1 aromatic heterocycles. The number of nitrogens with zero attached hydrogens (tertiary/aromatic N) is 1. The van der Waals surface area contributed by atoms with Crippen molar-refractivity contribution in [2.24, 2.45) is 0 Å². The molecule has 0 aliphatic rings. The Morgan fingerprint density at radius 2 is 2.11 bits per heavy atom. The van der Waals surface area contributed by atoms with Gasteiger partial charge in [-0.15, -0.1) is 0 Å². The van der Waals surface area contributed by atoms with E-state index in [1.165, 1.54) is 10.3 Å². The number of ether oxygens (including phenoxy) is 1. The molecule has 0 bridgehead atoms. The highest BCUT2D eigenvalue weighted by Crippen LogP contribution is 2.35. The number of hydrogen-bond acceptors (Lipinski definition) is 4. The van der Waals surface area contributed by atoms with Crippen LogP contribution in [0.5, 0.6) is 5.75 Å². The molecule has 0 aliphatic carbocycles. The summed E-state index contributed by atoms with van der Waals surface area (Å²) in [6.07, 6.45) is 1.11. The van der Waals surface area contributed by atoms with Gasteiger partial charge in [-0.25, -0.2) is 4.98 Å². The molecule has 1 N–H and O–H groups in total. The molecule has 1 aromatic carbocycles. The lowest BCUT2D eigenvalue weighted by atomic mass is 10.0. The van der Waals surface area contributed by atoms with Crippen LogP contribution in [0, 0.1) is 0 Å². The van der Waals surface area contributed by atoms with Crippen LogP contribution >= 0.6 is 11.3 Å². The maximum atomic E-state index is 5.76. The van der Waals surface area contributed by atoms with E-state index in [9.17, 15) is 0 Å². The van der Waals surface area contributed by atoms with Gasteiger partial charge in [-0.1, -0.05) is 32.1 Å². The van der Waals surface area contributed by atoms with Crippen LogP contribution in [0.1, 0.15) is 45.6 Å². The van der Waals surface area contributed by atoms with E-state index in [4.69, 9.17) is 4.74 Å².